The summed E-state index contributed by atoms with van der Waals surface area (Å²) in [6.07, 6.45) is 1.48. The van der Waals surface area contributed by atoms with E-state index in [4.69, 9.17) is 25.8 Å². The maximum atomic E-state index is 12.8. The van der Waals surface area contributed by atoms with Crippen molar-refractivity contribution in [1.29, 1.82) is 0 Å². The van der Waals surface area contributed by atoms with Crippen LogP contribution in [-0.2, 0) is 0 Å². The van der Waals surface area contributed by atoms with Gasteiger partial charge in [-0.1, -0.05) is 11.6 Å². The number of nitrogens with zero attached hydrogens (tertiary/aromatic N) is 1. The zero-order chi connectivity index (χ0) is 24.7. The van der Waals surface area contributed by atoms with Gasteiger partial charge in [0, 0.05) is 10.6 Å². The van der Waals surface area contributed by atoms with Crippen LogP contribution >= 0.6 is 27.5 Å². The van der Waals surface area contributed by atoms with Crippen molar-refractivity contribution in [2.75, 3.05) is 26.6 Å². The average molecular weight is 547 g/mol. The molecule has 0 radical (unpaired) electrons. The Morgan fingerprint density at radius 1 is 0.882 bits per heavy atom. The predicted molar refractivity (Wildman–Crippen MR) is 135 cm³/mol. The second-order valence-corrected chi connectivity index (χ2v) is 8.10. The number of hydrogen-bond acceptors (Lipinski definition) is 6. The third kappa shape index (κ3) is 6.06. The molecule has 0 spiro atoms. The van der Waals surface area contributed by atoms with Gasteiger partial charge in [-0.25, -0.2) is 5.43 Å². The minimum atomic E-state index is -0.547. The molecule has 8 nitrogen and oxygen atoms in total. The van der Waals surface area contributed by atoms with Gasteiger partial charge in [-0.15, -0.1) is 0 Å². The van der Waals surface area contributed by atoms with Crippen LogP contribution in [-0.4, -0.2) is 39.4 Å². The van der Waals surface area contributed by atoms with Gasteiger partial charge in [0.1, 0.15) is 5.75 Å². The molecule has 3 aromatic rings. The number of halogens is 2. The Morgan fingerprint density at radius 3 is 2.26 bits per heavy atom. The third-order valence-electron chi connectivity index (χ3n) is 4.68. The van der Waals surface area contributed by atoms with Crippen molar-refractivity contribution in [2.45, 2.75) is 0 Å². The highest BCUT2D eigenvalue weighted by Crippen LogP contribution is 2.29. The van der Waals surface area contributed by atoms with Crippen LogP contribution in [0, 0.1) is 0 Å². The molecule has 0 fully saturated rings. The van der Waals surface area contributed by atoms with Gasteiger partial charge in [-0.3, -0.25) is 9.59 Å². The fourth-order valence-electron chi connectivity index (χ4n) is 2.97. The van der Waals surface area contributed by atoms with Gasteiger partial charge in [0.15, 0.2) is 11.5 Å². The summed E-state index contributed by atoms with van der Waals surface area (Å²) in [7, 11) is 4.55. The number of carbonyl (C=O) groups excluding carboxylic acids is 2. The van der Waals surface area contributed by atoms with Crippen LogP contribution in [0.3, 0.4) is 0 Å². The molecule has 0 aliphatic heterocycles. The lowest BCUT2D eigenvalue weighted by Gasteiger charge is -2.12. The van der Waals surface area contributed by atoms with Crippen LogP contribution in [0.2, 0.25) is 5.02 Å². The summed E-state index contributed by atoms with van der Waals surface area (Å²) < 4.78 is 16.4. The largest absolute Gasteiger partial charge is 0.496 e. The molecule has 3 rings (SSSR count). The molecule has 2 N–H and O–H groups in total. The normalized spacial score (nSPS) is 10.6. The number of hydrazone groups is 1. The maximum absolute atomic E-state index is 12.8. The maximum Gasteiger partial charge on any atom is 0.273 e. The summed E-state index contributed by atoms with van der Waals surface area (Å²) in [6, 6.07) is 14.7. The first-order valence-corrected chi connectivity index (χ1v) is 11.0. The van der Waals surface area contributed by atoms with E-state index >= 15 is 0 Å². The van der Waals surface area contributed by atoms with E-state index in [0.717, 1.165) is 10.0 Å². The van der Waals surface area contributed by atoms with Crippen molar-refractivity contribution in [3.05, 3.63) is 80.8 Å². The van der Waals surface area contributed by atoms with Gasteiger partial charge in [-0.05, 0) is 76.1 Å². The number of ether oxygens (including phenoxy) is 3. The molecule has 0 aliphatic carbocycles. The lowest BCUT2D eigenvalue weighted by atomic mass is 10.1. The highest BCUT2D eigenvalue weighted by atomic mass is 79.9. The van der Waals surface area contributed by atoms with Crippen molar-refractivity contribution in [3.8, 4) is 17.2 Å². The van der Waals surface area contributed by atoms with Gasteiger partial charge in [0.2, 0.25) is 0 Å². The molecule has 10 heteroatoms. The summed E-state index contributed by atoms with van der Waals surface area (Å²) in [5, 5.41) is 7.05. The average Bonchev–Trinajstić information content (AvgIpc) is 2.84. The molecule has 3 aromatic carbocycles. The smallest absolute Gasteiger partial charge is 0.273 e. The molecule has 34 heavy (non-hydrogen) atoms. The molecule has 0 heterocycles. The molecule has 0 saturated heterocycles. The molecular weight excluding hydrogens is 526 g/mol. The van der Waals surface area contributed by atoms with Crippen molar-refractivity contribution < 1.29 is 23.8 Å². The Balaban J connectivity index is 1.77. The minimum absolute atomic E-state index is 0.148. The molecule has 0 atom stereocenters. The van der Waals surface area contributed by atoms with Gasteiger partial charge in [0.25, 0.3) is 11.8 Å². The number of amides is 2. The summed E-state index contributed by atoms with van der Waals surface area (Å²) in [4.78, 5) is 25.6. The monoisotopic (exact) mass is 545 g/mol. The predicted octanol–water partition coefficient (Wildman–Crippen LogP) is 5.14. The lowest BCUT2D eigenvalue weighted by molar-refractivity contribution is 0.0956. The van der Waals surface area contributed by atoms with E-state index in [-0.39, 0.29) is 11.3 Å². The molecule has 176 valence electrons. The summed E-state index contributed by atoms with van der Waals surface area (Å²) >= 11 is 9.48. The van der Waals surface area contributed by atoms with Crippen molar-refractivity contribution >= 4 is 51.2 Å². The lowest BCUT2D eigenvalue weighted by Crippen LogP contribution is -2.21. The molecule has 2 amide bonds. The Morgan fingerprint density at radius 2 is 1.59 bits per heavy atom. The van der Waals surface area contributed by atoms with Crippen molar-refractivity contribution in [1.82, 2.24) is 5.43 Å². The first kappa shape index (κ1) is 25.1. The molecule has 0 bridgehead atoms. The van der Waals surface area contributed by atoms with Crippen molar-refractivity contribution in [3.63, 3.8) is 0 Å². The Labute approximate surface area is 210 Å². The fourth-order valence-corrected chi connectivity index (χ4v) is 3.70. The zero-order valence-corrected chi connectivity index (χ0v) is 20.9. The topological polar surface area (TPSA) is 98.2 Å². The van der Waals surface area contributed by atoms with Crippen LogP contribution in [0.5, 0.6) is 17.2 Å². The van der Waals surface area contributed by atoms with Gasteiger partial charge in [-0.2, -0.15) is 5.10 Å². The standard InChI is InChI=1S/C24H21BrClN3O5/c1-32-20-8-4-14(10-18(20)25)13-27-29-24(31)17-12-16(26)6-7-19(17)28-23(30)15-5-9-21(33-2)22(11-15)34-3/h4-13H,1-3H3,(H,28,30)(H,29,31). The summed E-state index contributed by atoms with van der Waals surface area (Å²) in [5.74, 6) is 0.587. The second kappa shape index (κ2) is 11.5. The highest BCUT2D eigenvalue weighted by molar-refractivity contribution is 9.10. The number of methoxy groups -OCH3 is 3. The second-order valence-electron chi connectivity index (χ2n) is 6.81. The minimum Gasteiger partial charge on any atom is -0.496 e. The number of anilines is 1. The first-order chi connectivity index (χ1) is 16.4. The van der Waals surface area contributed by atoms with Crippen LogP contribution in [0.25, 0.3) is 0 Å². The molecule has 0 aliphatic rings. The molecule has 0 aromatic heterocycles. The van der Waals surface area contributed by atoms with Crippen molar-refractivity contribution in [2.24, 2.45) is 5.10 Å². The number of nitrogens with one attached hydrogen (secondary N) is 2. The van der Waals surface area contributed by atoms with Gasteiger partial charge >= 0.3 is 0 Å². The Bertz CT molecular complexity index is 1250. The molecule has 0 saturated carbocycles. The summed E-state index contributed by atoms with van der Waals surface area (Å²) in [6.45, 7) is 0. The number of rotatable bonds is 8. The van der Waals surface area contributed by atoms with E-state index in [9.17, 15) is 9.59 Å². The first-order valence-electron chi connectivity index (χ1n) is 9.86. The third-order valence-corrected chi connectivity index (χ3v) is 5.53. The van der Waals surface area contributed by atoms with Crippen LogP contribution in [0.15, 0.2) is 64.2 Å². The van der Waals surface area contributed by atoms with Crippen LogP contribution in [0.1, 0.15) is 26.3 Å². The summed E-state index contributed by atoms with van der Waals surface area (Å²) in [5.41, 5.74) is 3.92. The number of hydrogen-bond donors (Lipinski definition) is 2. The van der Waals surface area contributed by atoms with Gasteiger partial charge < -0.3 is 19.5 Å². The highest BCUT2D eigenvalue weighted by Gasteiger charge is 2.16. The van der Waals surface area contributed by atoms with E-state index in [1.807, 2.05) is 0 Å². The quantitative estimate of drug-likeness (QED) is 0.301. The van der Waals surface area contributed by atoms with E-state index < -0.39 is 11.8 Å². The number of benzene rings is 3. The number of carbonyl (C=O) groups is 2. The van der Waals surface area contributed by atoms with E-state index in [2.05, 4.69) is 31.8 Å². The van der Waals surface area contributed by atoms with Crippen LogP contribution < -0.4 is 25.0 Å². The molecular formula is C24H21BrClN3O5. The SMILES string of the molecule is COc1ccc(C=NNC(=O)c2cc(Cl)ccc2NC(=O)c2ccc(OC)c(OC)c2)cc1Br. The fraction of sp³-hybridized carbons (Fsp3) is 0.125. The van der Waals surface area contributed by atoms with Gasteiger partial charge in [0.05, 0.1) is 43.3 Å². The Hall–Kier alpha value is -3.56. The van der Waals surface area contributed by atoms with E-state index in [0.29, 0.717) is 27.8 Å². The van der Waals surface area contributed by atoms with E-state index in [1.165, 1.54) is 26.5 Å². The molecule has 0 unspecified atom stereocenters. The Kier molecular flexibility index (Phi) is 8.50. The zero-order valence-electron chi connectivity index (χ0n) is 18.5. The van der Waals surface area contributed by atoms with Crippen LogP contribution in [0.4, 0.5) is 5.69 Å². The van der Waals surface area contributed by atoms with E-state index in [1.54, 1.807) is 55.6 Å².